The van der Waals surface area contributed by atoms with Gasteiger partial charge in [0, 0.05) is 31.9 Å². The number of hydrogen-bond acceptors (Lipinski definition) is 2. The van der Waals surface area contributed by atoms with Gasteiger partial charge in [-0.15, -0.1) is 0 Å². The fraction of sp³-hybridized carbons (Fsp3) is 0.500. The van der Waals surface area contributed by atoms with Crippen LogP contribution in [0.15, 0.2) is 30.8 Å². The van der Waals surface area contributed by atoms with Gasteiger partial charge in [0.25, 0.3) is 0 Å². The Morgan fingerprint density at radius 3 is 2.44 bits per heavy atom. The average molecular weight is 244 g/mol. The lowest BCUT2D eigenvalue weighted by Gasteiger charge is -2.35. The number of piperazine rings is 1. The normalized spacial score (nSPS) is 17.2. The van der Waals surface area contributed by atoms with Crippen LogP contribution in [0, 0.1) is 0 Å². The van der Waals surface area contributed by atoms with E-state index in [0.29, 0.717) is 5.92 Å². The van der Waals surface area contributed by atoms with Gasteiger partial charge in [0.15, 0.2) is 0 Å². The van der Waals surface area contributed by atoms with Gasteiger partial charge in [-0.05, 0) is 30.2 Å². The molecule has 0 amide bonds. The molecule has 18 heavy (non-hydrogen) atoms. The van der Waals surface area contributed by atoms with E-state index in [2.05, 4.69) is 61.5 Å². The van der Waals surface area contributed by atoms with Gasteiger partial charge in [0.1, 0.15) is 0 Å². The van der Waals surface area contributed by atoms with Gasteiger partial charge in [0.2, 0.25) is 0 Å². The van der Waals surface area contributed by atoms with E-state index in [4.69, 9.17) is 0 Å². The van der Waals surface area contributed by atoms with Gasteiger partial charge in [-0.3, -0.25) is 0 Å². The third-order valence-corrected chi connectivity index (χ3v) is 3.77. The number of hydrogen-bond donors (Lipinski definition) is 0. The zero-order chi connectivity index (χ0) is 13.1. The molecule has 1 aromatic rings. The summed E-state index contributed by atoms with van der Waals surface area (Å²) in [5.41, 5.74) is 3.83. The Morgan fingerprint density at radius 2 is 1.83 bits per heavy atom. The smallest absolute Gasteiger partial charge is 0.0367 e. The fourth-order valence-electron chi connectivity index (χ4n) is 2.34. The maximum absolute atomic E-state index is 4.28. The maximum Gasteiger partial charge on any atom is 0.0367 e. The zero-order valence-electron chi connectivity index (χ0n) is 11.8. The van der Waals surface area contributed by atoms with E-state index in [-0.39, 0.29) is 0 Å². The standard InChI is InChI=1S/C16H24N2/c1-13(2)15-6-5-7-16(12-15)14(3)18-10-8-17(4)9-11-18/h5-7,12-13H,3,8-11H2,1-2,4H3. The van der Waals surface area contributed by atoms with Crippen molar-refractivity contribution in [2.24, 2.45) is 0 Å². The molecule has 98 valence electrons. The SMILES string of the molecule is C=C(c1cccc(C(C)C)c1)N1CCN(C)CC1. The summed E-state index contributed by atoms with van der Waals surface area (Å²) in [6.45, 7) is 13.2. The van der Waals surface area contributed by atoms with Crippen LogP contribution in [-0.4, -0.2) is 43.0 Å². The van der Waals surface area contributed by atoms with Crippen LogP contribution in [0.3, 0.4) is 0 Å². The van der Waals surface area contributed by atoms with E-state index in [1.165, 1.54) is 16.8 Å². The van der Waals surface area contributed by atoms with Crippen molar-refractivity contribution in [1.82, 2.24) is 9.80 Å². The molecule has 0 N–H and O–H groups in total. The topological polar surface area (TPSA) is 6.48 Å². The Labute approximate surface area is 111 Å². The molecule has 1 aliphatic heterocycles. The minimum atomic E-state index is 0.574. The first-order valence-corrected chi connectivity index (χ1v) is 6.80. The molecule has 2 heteroatoms. The highest BCUT2D eigenvalue weighted by atomic mass is 15.2. The van der Waals surface area contributed by atoms with Gasteiger partial charge < -0.3 is 9.80 Å². The molecule has 0 radical (unpaired) electrons. The first-order chi connectivity index (χ1) is 8.58. The molecule has 2 rings (SSSR count). The molecule has 0 aliphatic carbocycles. The number of likely N-dealkylation sites (N-methyl/N-ethyl adjacent to an activating group) is 1. The minimum Gasteiger partial charge on any atom is -0.369 e. The lowest BCUT2D eigenvalue weighted by atomic mass is 9.99. The lowest BCUT2D eigenvalue weighted by molar-refractivity contribution is 0.207. The molecule has 0 saturated carbocycles. The molecule has 1 aromatic carbocycles. The second-order valence-electron chi connectivity index (χ2n) is 5.52. The molecule has 0 unspecified atom stereocenters. The van der Waals surface area contributed by atoms with Gasteiger partial charge in [-0.2, -0.15) is 0 Å². The van der Waals surface area contributed by atoms with Crippen molar-refractivity contribution >= 4 is 5.70 Å². The van der Waals surface area contributed by atoms with Crippen LogP contribution < -0.4 is 0 Å². The Balaban J connectivity index is 2.11. The van der Waals surface area contributed by atoms with Gasteiger partial charge in [-0.1, -0.05) is 38.6 Å². The van der Waals surface area contributed by atoms with Gasteiger partial charge >= 0.3 is 0 Å². The van der Waals surface area contributed by atoms with Crippen molar-refractivity contribution in [2.45, 2.75) is 19.8 Å². The van der Waals surface area contributed by atoms with Crippen molar-refractivity contribution in [3.63, 3.8) is 0 Å². The molecular weight excluding hydrogens is 220 g/mol. The molecule has 0 atom stereocenters. The third kappa shape index (κ3) is 2.94. The highest BCUT2D eigenvalue weighted by Crippen LogP contribution is 2.23. The summed E-state index contributed by atoms with van der Waals surface area (Å²) in [5.74, 6) is 0.574. The molecule has 2 nitrogen and oxygen atoms in total. The van der Waals surface area contributed by atoms with Crippen molar-refractivity contribution in [3.8, 4) is 0 Å². The van der Waals surface area contributed by atoms with E-state index in [1.54, 1.807) is 0 Å². The zero-order valence-corrected chi connectivity index (χ0v) is 11.8. The molecule has 1 fully saturated rings. The number of nitrogens with zero attached hydrogens (tertiary/aromatic N) is 2. The molecule has 1 heterocycles. The summed E-state index contributed by atoms with van der Waals surface area (Å²) in [4.78, 5) is 4.77. The fourth-order valence-corrected chi connectivity index (χ4v) is 2.34. The van der Waals surface area contributed by atoms with E-state index in [0.717, 1.165) is 26.2 Å². The largest absolute Gasteiger partial charge is 0.369 e. The summed E-state index contributed by atoms with van der Waals surface area (Å²) in [6.07, 6.45) is 0. The summed E-state index contributed by atoms with van der Waals surface area (Å²) in [7, 11) is 2.18. The summed E-state index contributed by atoms with van der Waals surface area (Å²) < 4.78 is 0. The second kappa shape index (κ2) is 5.57. The lowest BCUT2D eigenvalue weighted by Crippen LogP contribution is -2.43. The van der Waals surface area contributed by atoms with E-state index < -0.39 is 0 Å². The van der Waals surface area contributed by atoms with Crippen molar-refractivity contribution in [2.75, 3.05) is 33.2 Å². The Kier molecular flexibility index (Phi) is 4.07. The van der Waals surface area contributed by atoms with Crippen molar-refractivity contribution in [3.05, 3.63) is 42.0 Å². The van der Waals surface area contributed by atoms with Crippen molar-refractivity contribution in [1.29, 1.82) is 0 Å². The highest BCUT2D eigenvalue weighted by Gasteiger charge is 2.16. The van der Waals surface area contributed by atoms with E-state index in [9.17, 15) is 0 Å². The molecule has 0 bridgehead atoms. The van der Waals surface area contributed by atoms with E-state index in [1.807, 2.05) is 0 Å². The van der Waals surface area contributed by atoms with Crippen LogP contribution >= 0.6 is 0 Å². The summed E-state index contributed by atoms with van der Waals surface area (Å²) in [6, 6.07) is 8.80. The number of benzene rings is 1. The van der Waals surface area contributed by atoms with Crippen LogP contribution in [0.25, 0.3) is 5.70 Å². The molecule has 1 saturated heterocycles. The van der Waals surface area contributed by atoms with Crippen LogP contribution in [0.4, 0.5) is 0 Å². The van der Waals surface area contributed by atoms with Crippen LogP contribution in [0.5, 0.6) is 0 Å². The second-order valence-corrected chi connectivity index (χ2v) is 5.52. The predicted molar refractivity (Wildman–Crippen MR) is 78.6 cm³/mol. The molecule has 0 aromatic heterocycles. The monoisotopic (exact) mass is 244 g/mol. The Bertz CT molecular complexity index is 415. The van der Waals surface area contributed by atoms with Crippen LogP contribution in [0.2, 0.25) is 0 Å². The Hall–Kier alpha value is -1.28. The predicted octanol–water partition coefficient (Wildman–Crippen LogP) is 3.03. The molecule has 1 aliphatic rings. The van der Waals surface area contributed by atoms with Gasteiger partial charge in [0.05, 0.1) is 0 Å². The van der Waals surface area contributed by atoms with Crippen LogP contribution in [-0.2, 0) is 0 Å². The highest BCUT2D eigenvalue weighted by molar-refractivity contribution is 5.62. The van der Waals surface area contributed by atoms with Crippen LogP contribution in [0.1, 0.15) is 30.9 Å². The molecule has 0 spiro atoms. The first-order valence-electron chi connectivity index (χ1n) is 6.80. The van der Waals surface area contributed by atoms with E-state index >= 15 is 0 Å². The summed E-state index contributed by atoms with van der Waals surface area (Å²) >= 11 is 0. The van der Waals surface area contributed by atoms with Gasteiger partial charge in [-0.25, -0.2) is 0 Å². The maximum atomic E-state index is 4.28. The average Bonchev–Trinajstić information content (AvgIpc) is 2.39. The first kappa shape index (κ1) is 13.2. The molecular formula is C16H24N2. The minimum absolute atomic E-state index is 0.574. The quantitative estimate of drug-likeness (QED) is 0.806. The third-order valence-electron chi connectivity index (χ3n) is 3.77. The van der Waals surface area contributed by atoms with Crippen molar-refractivity contribution < 1.29 is 0 Å². The number of rotatable bonds is 3. The Morgan fingerprint density at radius 1 is 1.17 bits per heavy atom. The summed E-state index contributed by atoms with van der Waals surface area (Å²) in [5, 5.41) is 0.